The maximum Gasteiger partial charge on any atom is 0.323 e. The first-order valence-electron chi connectivity index (χ1n) is 11.5. The van der Waals surface area contributed by atoms with Crippen LogP contribution in [0.15, 0.2) is 42.5 Å². The molecule has 0 atom stereocenters. The Hall–Kier alpha value is -3.06. The zero-order chi connectivity index (χ0) is 22.8. The van der Waals surface area contributed by atoms with E-state index in [1.165, 1.54) is 6.42 Å². The minimum Gasteiger partial charge on any atom is -0.382 e. The predicted molar refractivity (Wildman–Crippen MR) is 130 cm³/mol. The molecule has 3 rings (SSSR count). The van der Waals surface area contributed by atoms with Crippen LogP contribution in [0.2, 0.25) is 0 Å². The third-order valence-electron chi connectivity index (χ3n) is 5.43. The van der Waals surface area contributed by atoms with Crippen molar-refractivity contribution >= 4 is 29.0 Å². The van der Waals surface area contributed by atoms with Crippen molar-refractivity contribution < 1.29 is 14.3 Å². The van der Waals surface area contributed by atoms with E-state index in [1.807, 2.05) is 50.2 Å². The van der Waals surface area contributed by atoms with E-state index in [1.54, 1.807) is 6.07 Å². The first-order chi connectivity index (χ1) is 15.6. The number of piperidine rings is 1. The smallest absolute Gasteiger partial charge is 0.323 e. The summed E-state index contributed by atoms with van der Waals surface area (Å²) in [7, 11) is 0. The molecule has 7 nitrogen and oxygen atoms in total. The molecule has 1 fully saturated rings. The van der Waals surface area contributed by atoms with E-state index < -0.39 is 0 Å². The number of aryl methyl sites for hydroxylation is 1. The number of nitrogens with zero attached hydrogens (tertiary/aromatic N) is 1. The summed E-state index contributed by atoms with van der Waals surface area (Å²) in [6.45, 7) is 7.64. The highest BCUT2D eigenvalue weighted by Crippen LogP contribution is 2.27. The lowest BCUT2D eigenvalue weighted by Crippen LogP contribution is -2.33. The first-order valence-corrected chi connectivity index (χ1v) is 11.5. The molecule has 172 valence electrons. The zero-order valence-corrected chi connectivity index (χ0v) is 19.1. The number of anilines is 3. The Bertz CT molecular complexity index is 910. The van der Waals surface area contributed by atoms with Gasteiger partial charge in [-0.15, -0.1) is 0 Å². The molecule has 0 aliphatic carbocycles. The maximum absolute atomic E-state index is 13.0. The van der Waals surface area contributed by atoms with Crippen molar-refractivity contribution in [1.29, 1.82) is 0 Å². The monoisotopic (exact) mass is 438 g/mol. The van der Waals surface area contributed by atoms with Gasteiger partial charge in [0.25, 0.3) is 5.91 Å². The van der Waals surface area contributed by atoms with Crippen molar-refractivity contribution in [3.63, 3.8) is 0 Å². The number of ether oxygens (including phenoxy) is 1. The van der Waals surface area contributed by atoms with E-state index in [0.717, 1.165) is 49.3 Å². The van der Waals surface area contributed by atoms with Crippen LogP contribution in [0, 0.1) is 6.92 Å². The van der Waals surface area contributed by atoms with Crippen molar-refractivity contribution in [2.45, 2.75) is 39.5 Å². The summed E-state index contributed by atoms with van der Waals surface area (Å²) >= 11 is 0. The van der Waals surface area contributed by atoms with Crippen LogP contribution in [-0.4, -0.2) is 44.8 Å². The first kappa shape index (κ1) is 23.6. The van der Waals surface area contributed by atoms with Gasteiger partial charge in [0, 0.05) is 49.9 Å². The topological polar surface area (TPSA) is 82.7 Å². The Morgan fingerprint density at radius 1 is 1.00 bits per heavy atom. The third kappa shape index (κ3) is 6.99. The van der Waals surface area contributed by atoms with E-state index in [-0.39, 0.29) is 11.9 Å². The molecule has 1 heterocycles. The Kier molecular flexibility index (Phi) is 8.92. The lowest BCUT2D eigenvalue weighted by Gasteiger charge is -2.30. The lowest BCUT2D eigenvalue weighted by molar-refractivity contribution is 0.0944. The van der Waals surface area contributed by atoms with Crippen LogP contribution in [-0.2, 0) is 4.74 Å². The summed E-state index contributed by atoms with van der Waals surface area (Å²) in [5, 5.41) is 8.68. The Balaban J connectivity index is 1.71. The molecule has 0 spiro atoms. The quantitative estimate of drug-likeness (QED) is 0.492. The molecule has 0 bridgehead atoms. The number of nitrogens with one attached hydrogen (secondary N) is 3. The minimum atomic E-state index is -0.343. The Morgan fingerprint density at radius 3 is 2.47 bits per heavy atom. The molecular weight excluding hydrogens is 404 g/mol. The van der Waals surface area contributed by atoms with Crippen molar-refractivity contribution in [2.75, 3.05) is 48.4 Å². The van der Waals surface area contributed by atoms with Gasteiger partial charge in [-0.1, -0.05) is 12.1 Å². The number of rotatable bonds is 9. The molecule has 0 unspecified atom stereocenters. The number of amides is 3. The minimum absolute atomic E-state index is 0.134. The van der Waals surface area contributed by atoms with Gasteiger partial charge in [0.15, 0.2) is 0 Å². The van der Waals surface area contributed by atoms with Gasteiger partial charge in [0.05, 0.1) is 5.56 Å². The molecule has 7 heteroatoms. The highest BCUT2D eigenvalue weighted by molar-refractivity contribution is 6.04. The Labute approximate surface area is 190 Å². The van der Waals surface area contributed by atoms with Crippen molar-refractivity contribution in [3.05, 3.63) is 53.6 Å². The molecule has 2 aromatic rings. The molecule has 1 aliphatic rings. The second-order valence-corrected chi connectivity index (χ2v) is 8.03. The highest BCUT2D eigenvalue weighted by Gasteiger charge is 2.19. The second-order valence-electron chi connectivity index (χ2n) is 8.03. The van der Waals surface area contributed by atoms with Crippen LogP contribution in [0.5, 0.6) is 0 Å². The predicted octanol–water partition coefficient (Wildman–Crippen LogP) is 4.79. The summed E-state index contributed by atoms with van der Waals surface area (Å²) < 4.78 is 5.34. The van der Waals surface area contributed by atoms with Gasteiger partial charge in [-0.25, -0.2) is 4.79 Å². The van der Waals surface area contributed by atoms with Gasteiger partial charge in [-0.2, -0.15) is 0 Å². The van der Waals surface area contributed by atoms with E-state index in [4.69, 9.17) is 4.74 Å². The molecule has 1 aliphatic heterocycles. The van der Waals surface area contributed by atoms with Gasteiger partial charge in [-0.3, -0.25) is 4.79 Å². The molecule has 0 radical (unpaired) electrons. The molecule has 32 heavy (non-hydrogen) atoms. The summed E-state index contributed by atoms with van der Waals surface area (Å²) in [4.78, 5) is 27.7. The van der Waals surface area contributed by atoms with E-state index in [9.17, 15) is 9.59 Å². The summed E-state index contributed by atoms with van der Waals surface area (Å²) in [5.74, 6) is -0.134. The fourth-order valence-corrected chi connectivity index (χ4v) is 3.84. The van der Waals surface area contributed by atoms with Gasteiger partial charge in [0.2, 0.25) is 0 Å². The van der Waals surface area contributed by atoms with Gasteiger partial charge >= 0.3 is 6.03 Å². The van der Waals surface area contributed by atoms with Gasteiger partial charge < -0.3 is 25.6 Å². The number of carbonyl (C=O) groups is 2. The van der Waals surface area contributed by atoms with Crippen molar-refractivity contribution in [3.8, 4) is 0 Å². The number of benzene rings is 2. The zero-order valence-electron chi connectivity index (χ0n) is 19.1. The summed E-state index contributed by atoms with van der Waals surface area (Å²) in [6.07, 6.45) is 4.21. The SMILES string of the molecule is CCOCCCNC(=O)c1cc(NC(=O)Nc2cccc(C)c2)ccc1N1CCCCC1. The molecule has 3 N–H and O–H groups in total. The lowest BCUT2D eigenvalue weighted by atomic mass is 10.1. The van der Waals surface area contributed by atoms with Crippen LogP contribution in [0.25, 0.3) is 0 Å². The van der Waals surface area contributed by atoms with E-state index in [2.05, 4.69) is 20.9 Å². The van der Waals surface area contributed by atoms with E-state index in [0.29, 0.717) is 31.0 Å². The fourth-order valence-electron chi connectivity index (χ4n) is 3.84. The number of urea groups is 1. The van der Waals surface area contributed by atoms with Crippen LogP contribution in [0.3, 0.4) is 0 Å². The van der Waals surface area contributed by atoms with Crippen LogP contribution in [0.1, 0.15) is 48.5 Å². The summed E-state index contributed by atoms with van der Waals surface area (Å²) in [6, 6.07) is 12.8. The summed E-state index contributed by atoms with van der Waals surface area (Å²) in [5.41, 5.74) is 3.86. The highest BCUT2D eigenvalue weighted by atomic mass is 16.5. The van der Waals surface area contributed by atoms with Gasteiger partial charge in [0.1, 0.15) is 0 Å². The average Bonchev–Trinajstić information content (AvgIpc) is 2.79. The normalized spacial score (nSPS) is 13.5. The fraction of sp³-hybridized carbons (Fsp3) is 0.440. The standard InChI is InChI=1S/C25H34N4O3/c1-3-32-16-8-13-26-24(30)22-18-21(11-12-23(22)29-14-5-4-6-15-29)28-25(31)27-20-10-7-9-19(2)17-20/h7,9-12,17-18H,3-6,8,13-16H2,1-2H3,(H,26,30)(H2,27,28,31). The molecule has 3 amide bonds. The third-order valence-corrected chi connectivity index (χ3v) is 5.43. The molecule has 0 aromatic heterocycles. The van der Waals surface area contributed by atoms with Crippen molar-refractivity contribution in [1.82, 2.24) is 5.32 Å². The molecule has 1 saturated heterocycles. The molecule has 2 aromatic carbocycles. The number of hydrogen-bond acceptors (Lipinski definition) is 4. The number of carbonyl (C=O) groups excluding carboxylic acids is 2. The van der Waals surface area contributed by atoms with Crippen LogP contribution >= 0.6 is 0 Å². The van der Waals surface area contributed by atoms with Crippen LogP contribution < -0.4 is 20.9 Å². The Morgan fingerprint density at radius 2 is 1.75 bits per heavy atom. The molecular formula is C25H34N4O3. The largest absolute Gasteiger partial charge is 0.382 e. The van der Waals surface area contributed by atoms with Gasteiger partial charge in [-0.05, 0) is 75.4 Å². The van der Waals surface area contributed by atoms with E-state index >= 15 is 0 Å². The van der Waals surface area contributed by atoms with Crippen molar-refractivity contribution in [2.24, 2.45) is 0 Å². The number of hydrogen-bond donors (Lipinski definition) is 3. The average molecular weight is 439 g/mol. The van der Waals surface area contributed by atoms with Crippen LogP contribution in [0.4, 0.5) is 21.9 Å². The maximum atomic E-state index is 13.0. The molecule has 0 saturated carbocycles. The second kappa shape index (κ2) is 12.1.